The van der Waals surface area contributed by atoms with E-state index in [9.17, 15) is 0 Å². The summed E-state index contributed by atoms with van der Waals surface area (Å²) in [5.74, 6) is 0. The summed E-state index contributed by atoms with van der Waals surface area (Å²) in [5, 5.41) is 5.79. The lowest BCUT2D eigenvalue weighted by Gasteiger charge is -2.01. The van der Waals surface area contributed by atoms with Crippen LogP contribution >= 0.6 is 11.3 Å². The van der Waals surface area contributed by atoms with Crippen molar-refractivity contribution in [2.24, 2.45) is 0 Å². The predicted octanol–water partition coefficient (Wildman–Crippen LogP) is 3.92. The van der Waals surface area contributed by atoms with Crippen molar-refractivity contribution < 1.29 is 0 Å². The van der Waals surface area contributed by atoms with Crippen LogP contribution in [0, 0.1) is 6.92 Å². The molecule has 0 spiro atoms. The molecule has 106 valence electrons. The van der Waals surface area contributed by atoms with Gasteiger partial charge in [0.2, 0.25) is 0 Å². The molecule has 3 nitrogen and oxygen atoms in total. The van der Waals surface area contributed by atoms with Crippen LogP contribution in [0.5, 0.6) is 0 Å². The van der Waals surface area contributed by atoms with Gasteiger partial charge in [-0.15, -0.1) is 11.3 Å². The molecule has 3 aromatic rings. The van der Waals surface area contributed by atoms with Gasteiger partial charge in [-0.2, -0.15) is 0 Å². The molecule has 1 aromatic carbocycles. The van der Waals surface area contributed by atoms with Crippen molar-refractivity contribution in [1.82, 2.24) is 15.3 Å². The van der Waals surface area contributed by atoms with Gasteiger partial charge in [0.05, 0.1) is 5.52 Å². The fourth-order valence-electron chi connectivity index (χ4n) is 2.42. The molecule has 0 aliphatic heterocycles. The second-order valence-electron chi connectivity index (χ2n) is 5.65. The van der Waals surface area contributed by atoms with E-state index in [0.717, 1.165) is 28.8 Å². The number of aromatic nitrogens is 2. The van der Waals surface area contributed by atoms with E-state index >= 15 is 0 Å². The van der Waals surface area contributed by atoms with Gasteiger partial charge in [-0.1, -0.05) is 6.07 Å². The maximum Gasteiger partial charge on any atom is 0.123 e. The van der Waals surface area contributed by atoms with Gasteiger partial charge in [-0.05, 0) is 44.0 Å². The summed E-state index contributed by atoms with van der Waals surface area (Å²) in [6, 6.07) is 11.3. The molecule has 1 fully saturated rings. The molecule has 0 radical (unpaired) electrons. The maximum absolute atomic E-state index is 4.57. The zero-order chi connectivity index (χ0) is 14.2. The zero-order valence-electron chi connectivity index (χ0n) is 12.0. The van der Waals surface area contributed by atoms with Crippen LogP contribution in [-0.4, -0.2) is 16.0 Å². The molecule has 21 heavy (non-hydrogen) atoms. The minimum absolute atomic E-state index is 0.741. The fraction of sp³-hybridized carbons (Fsp3) is 0.294. The van der Waals surface area contributed by atoms with Crippen LogP contribution in [0.25, 0.3) is 21.5 Å². The molecule has 4 heteroatoms. The van der Waals surface area contributed by atoms with Gasteiger partial charge in [0.1, 0.15) is 5.01 Å². The Balaban J connectivity index is 1.61. The first-order valence-electron chi connectivity index (χ1n) is 7.34. The van der Waals surface area contributed by atoms with Crippen molar-refractivity contribution in [3.63, 3.8) is 0 Å². The van der Waals surface area contributed by atoms with Crippen LogP contribution in [-0.2, 0) is 6.54 Å². The van der Waals surface area contributed by atoms with Crippen LogP contribution in [0.2, 0.25) is 0 Å². The minimum atomic E-state index is 0.741. The van der Waals surface area contributed by atoms with E-state index in [0.29, 0.717) is 0 Å². The van der Waals surface area contributed by atoms with Crippen LogP contribution in [0.3, 0.4) is 0 Å². The Hall–Kier alpha value is -1.78. The number of hydrogen-bond acceptors (Lipinski definition) is 4. The monoisotopic (exact) mass is 295 g/mol. The molecular formula is C17H17N3S. The zero-order valence-corrected chi connectivity index (χ0v) is 12.8. The molecule has 0 atom stereocenters. The number of nitrogens with one attached hydrogen (secondary N) is 1. The number of fused-ring (bicyclic) bond motifs is 1. The molecule has 0 amide bonds. The third-order valence-electron chi connectivity index (χ3n) is 3.77. The van der Waals surface area contributed by atoms with E-state index in [1.807, 2.05) is 13.1 Å². The topological polar surface area (TPSA) is 37.8 Å². The molecule has 1 aliphatic carbocycles. The highest BCUT2D eigenvalue weighted by Crippen LogP contribution is 2.28. The molecule has 4 rings (SSSR count). The number of nitrogens with zero attached hydrogens (tertiary/aromatic N) is 2. The number of benzene rings is 1. The highest BCUT2D eigenvalue weighted by atomic mass is 32.1. The number of thiazole rings is 1. The van der Waals surface area contributed by atoms with Gasteiger partial charge >= 0.3 is 0 Å². The predicted molar refractivity (Wildman–Crippen MR) is 87.4 cm³/mol. The smallest absolute Gasteiger partial charge is 0.123 e. The molecule has 0 saturated heterocycles. The number of hydrogen-bond donors (Lipinski definition) is 1. The third-order valence-corrected chi connectivity index (χ3v) is 4.82. The summed E-state index contributed by atoms with van der Waals surface area (Å²) >= 11 is 1.77. The Morgan fingerprint density at radius 2 is 2.14 bits per heavy atom. The summed E-state index contributed by atoms with van der Waals surface area (Å²) < 4.78 is 0. The van der Waals surface area contributed by atoms with Gasteiger partial charge in [0.25, 0.3) is 0 Å². The van der Waals surface area contributed by atoms with Crippen molar-refractivity contribution in [2.75, 3.05) is 0 Å². The second kappa shape index (κ2) is 5.20. The summed E-state index contributed by atoms with van der Waals surface area (Å²) in [7, 11) is 0. The Morgan fingerprint density at radius 3 is 3.00 bits per heavy atom. The standard InChI is InChI=1S/C17H17N3S/c1-11-2-3-12-8-13(4-7-16(12)20-11)17-19-10-15(21-17)9-18-14-5-6-14/h2-4,7-8,10,14,18H,5-6,9H2,1H3. The highest BCUT2D eigenvalue weighted by molar-refractivity contribution is 7.15. The summed E-state index contributed by atoms with van der Waals surface area (Å²) in [6.45, 7) is 2.96. The summed E-state index contributed by atoms with van der Waals surface area (Å²) in [4.78, 5) is 10.4. The van der Waals surface area contributed by atoms with Gasteiger partial charge in [0.15, 0.2) is 0 Å². The summed E-state index contributed by atoms with van der Waals surface area (Å²) in [6.07, 6.45) is 4.64. The average molecular weight is 295 g/mol. The Labute approximate surface area is 128 Å². The van der Waals surface area contributed by atoms with Crippen molar-refractivity contribution in [2.45, 2.75) is 32.4 Å². The molecule has 1 N–H and O–H groups in total. The molecule has 1 aliphatic rings. The third kappa shape index (κ3) is 2.82. The van der Waals surface area contributed by atoms with E-state index in [4.69, 9.17) is 0 Å². The first kappa shape index (κ1) is 12.9. The SMILES string of the molecule is Cc1ccc2cc(-c3ncc(CNC4CC4)s3)ccc2n1. The van der Waals surface area contributed by atoms with E-state index < -0.39 is 0 Å². The largest absolute Gasteiger partial charge is 0.309 e. The molecule has 2 heterocycles. The molecular weight excluding hydrogens is 278 g/mol. The quantitative estimate of drug-likeness (QED) is 0.793. The molecule has 1 saturated carbocycles. The lowest BCUT2D eigenvalue weighted by atomic mass is 10.1. The normalized spacial score (nSPS) is 14.7. The van der Waals surface area contributed by atoms with Crippen molar-refractivity contribution in [3.05, 3.63) is 47.1 Å². The van der Waals surface area contributed by atoms with Crippen LogP contribution in [0.1, 0.15) is 23.4 Å². The number of aryl methyl sites for hydroxylation is 1. The first-order chi connectivity index (χ1) is 10.3. The second-order valence-corrected chi connectivity index (χ2v) is 6.76. The van der Waals surface area contributed by atoms with Crippen molar-refractivity contribution in [3.8, 4) is 10.6 Å². The fourth-order valence-corrected chi connectivity index (χ4v) is 3.28. The average Bonchev–Trinajstić information content (AvgIpc) is 3.21. The van der Waals surface area contributed by atoms with Gasteiger partial charge < -0.3 is 5.32 Å². The van der Waals surface area contributed by atoms with Crippen LogP contribution in [0.4, 0.5) is 0 Å². The van der Waals surface area contributed by atoms with E-state index in [1.54, 1.807) is 11.3 Å². The minimum Gasteiger partial charge on any atom is -0.309 e. The van der Waals surface area contributed by atoms with Crippen LogP contribution in [0.15, 0.2) is 36.5 Å². The summed E-state index contributed by atoms with van der Waals surface area (Å²) in [5.41, 5.74) is 3.28. The van der Waals surface area contributed by atoms with Gasteiger partial charge in [-0.25, -0.2) is 4.98 Å². The molecule has 0 unspecified atom stereocenters. The van der Waals surface area contributed by atoms with E-state index in [-0.39, 0.29) is 0 Å². The first-order valence-corrected chi connectivity index (χ1v) is 8.15. The highest BCUT2D eigenvalue weighted by Gasteiger charge is 2.20. The van der Waals surface area contributed by atoms with Crippen molar-refractivity contribution in [1.29, 1.82) is 0 Å². The lowest BCUT2D eigenvalue weighted by molar-refractivity contribution is 0.694. The van der Waals surface area contributed by atoms with Crippen molar-refractivity contribution >= 4 is 22.2 Å². The molecule has 2 aromatic heterocycles. The maximum atomic E-state index is 4.57. The Bertz CT molecular complexity index is 790. The van der Waals surface area contributed by atoms with Gasteiger partial charge in [0, 0.05) is 40.3 Å². The van der Waals surface area contributed by atoms with E-state index in [1.165, 1.54) is 28.7 Å². The van der Waals surface area contributed by atoms with E-state index in [2.05, 4.69) is 45.6 Å². The number of rotatable bonds is 4. The lowest BCUT2D eigenvalue weighted by Crippen LogP contribution is -2.14. The Kier molecular flexibility index (Phi) is 3.20. The van der Waals surface area contributed by atoms with Crippen LogP contribution < -0.4 is 5.32 Å². The Morgan fingerprint density at radius 1 is 1.24 bits per heavy atom. The molecule has 0 bridgehead atoms. The van der Waals surface area contributed by atoms with Gasteiger partial charge in [-0.3, -0.25) is 4.98 Å². The number of pyridine rings is 1.